The van der Waals surface area contributed by atoms with Crippen molar-refractivity contribution in [1.82, 2.24) is 15.1 Å². The molecule has 0 aliphatic carbocycles. The van der Waals surface area contributed by atoms with E-state index in [-0.39, 0.29) is 6.04 Å². The number of hydrogen-bond acceptors (Lipinski definition) is 3. The fraction of sp³-hybridized carbons (Fsp3) is 0.438. The number of aromatic nitrogens is 2. The molecule has 1 aromatic heterocycles. The summed E-state index contributed by atoms with van der Waals surface area (Å²) in [6.45, 7) is 7.25. The minimum Gasteiger partial charge on any atom is -0.493 e. The zero-order chi connectivity index (χ0) is 14.7. The Balaban J connectivity index is 2.53. The van der Waals surface area contributed by atoms with Crippen molar-refractivity contribution in [3.05, 3.63) is 46.8 Å². The van der Waals surface area contributed by atoms with Crippen LogP contribution in [0.2, 0.25) is 0 Å². The molecule has 20 heavy (non-hydrogen) atoms. The molecule has 2 aromatic rings. The van der Waals surface area contributed by atoms with Gasteiger partial charge < -0.3 is 10.1 Å². The Morgan fingerprint density at radius 3 is 2.70 bits per heavy atom. The van der Waals surface area contributed by atoms with Gasteiger partial charge in [0.15, 0.2) is 5.75 Å². The third kappa shape index (κ3) is 2.70. The number of benzene rings is 1. The second kappa shape index (κ2) is 6.09. The van der Waals surface area contributed by atoms with Crippen LogP contribution >= 0.6 is 0 Å². The zero-order valence-electron chi connectivity index (χ0n) is 12.9. The highest BCUT2D eigenvalue weighted by molar-refractivity contribution is 5.41. The molecule has 2 rings (SSSR count). The molecule has 0 bridgehead atoms. The van der Waals surface area contributed by atoms with Gasteiger partial charge in [-0.1, -0.05) is 30.7 Å². The molecule has 4 nitrogen and oxygen atoms in total. The number of aryl methyl sites for hydroxylation is 3. The average Bonchev–Trinajstić information content (AvgIpc) is 2.78. The van der Waals surface area contributed by atoms with Crippen LogP contribution in [0.25, 0.3) is 0 Å². The van der Waals surface area contributed by atoms with Crippen molar-refractivity contribution in [3.8, 4) is 5.75 Å². The smallest absolute Gasteiger partial charge is 0.161 e. The quantitative estimate of drug-likeness (QED) is 0.910. The van der Waals surface area contributed by atoms with Gasteiger partial charge in [0, 0.05) is 7.05 Å². The Labute approximate surface area is 120 Å². The molecule has 0 amide bonds. The van der Waals surface area contributed by atoms with Gasteiger partial charge in [-0.15, -0.1) is 0 Å². The summed E-state index contributed by atoms with van der Waals surface area (Å²) in [5, 5.41) is 7.85. The first-order chi connectivity index (χ1) is 9.58. The number of nitrogens with one attached hydrogen (secondary N) is 1. The summed E-state index contributed by atoms with van der Waals surface area (Å²) in [6, 6.07) is 6.63. The van der Waals surface area contributed by atoms with Gasteiger partial charge >= 0.3 is 0 Å². The van der Waals surface area contributed by atoms with Crippen molar-refractivity contribution in [1.29, 1.82) is 0 Å². The van der Waals surface area contributed by atoms with E-state index < -0.39 is 0 Å². The van der Waals surface area contributed by atoms with E-state index in [4.69, 9.17) is 4.74 Å². The highest BCUT2D eigenvalue weighted by Crippen LogP contribution is 2.31. The van der Waals surface area contributed by atoms with E-state index in [1.54, 1.807) is 13.3 Å². The minimum atomic E-state index is 0.0862. The molecule has 1 heterocycles. The maximum Gasteiger partial charge on any atom is 0.161 e. The summed E-state index contributed by atoms with van der Waals surface area (Å²) in [7, 11) is 3.64. The van der Waals surface area contributed by atoms with Crippen LogP contribution in [0.3, 0.4) is 0 Å². The lowest BCUT2D eigenvalue weighted by molar-refractivity contribution is 0.401. The van der Waals surface area contributed by atoms with Crippen molar-refractivity contribution in [3.63, 3.8) is 0 Å². The van der Waals surface area contributed by atoms with E-state index in [0.717, 1.165) is 18.0 Å². The van der Waals surface area contributed by atoms with Gasteiger partial charge in [-0.25, -0.2) is 0 Å². The van der Waals surface area contributed by atoms with E-state index >= 15 is 0 Å². The first kappa shape index (κ1) is 14.6. The molecule has 0 saturated carbocycles. The molecule has 0 spiro atoms. The van der Waals surface area contributed by atoms with Crippen LogP contribution in [-0.4, -0.2) is 23.4 Å². The Morgan fingerprint density at radius 1 is 1.35 bits per heavy atom. The zero-order valence-corrected chi connectivity index (χ0v) is 12.9. The van der Waals surface area contributed by atoms with Crippen molar-refractivity contribution < 1.29 is 4.74 Å². The first-order valence-electron chi connectivity index (χ1n) is 6.94. The molecule has 0 aliphatic heterocycles. The molecule has 0 aliphatic rings. The molecule has 108 valence electrons. The molecule has 0 saturated heterocycles. The molecular formula is C16H23N3O. The first-order valence-corrected chi connectivity index (χ1v) is 6.94. The topological polar surface area (TPSA) is 39.1 Å². The Morgan fingerprint density at radius 2 is 2.10 bits per heavy atom. The molecule has 1 N–H and O–H groups in total. The predicted molar refractivity (Wildman–Crippen MR) is 81.2 cm³/mol. The molecule has 4 heteroatoms. The number of ether oxygens (including phenoxy) is 1. The monoisotopic (exact) mass is 273 g/mol. The summed E-state index contributed by atoms with van der Waals surface area (Å²) in [5.41, 5.74) is 4.87. The molecular weight excluding hydrogens is 250 g/mol. The SMILES string of the molecule is CCNC(c1ccc(C)cc1C)c1c(OC)cnn1C. The second-order valence-electron chi connectivity index (χ2n) is 5.07. The molecule has 0 fully saturated rings. The Bertz CT molecular complexity index is 589. The molecule has 1 aromatic carbocycles. The lowest BCUT2D eigenvalue weighted by Gasteiger charge is -2.22. The second-order valence-corrected chi connectivity index (χ2v) is 5.07. The van der Waals surface area contributed by atoms with E-state index in [1.807, 2.05) is 11.7 Å². The normalized spacial score (nSPS) is 12.4. The third-order valence-electron chi connectivity index (χ3n) is 3.59. The molecule has 1 atom stereocenters. The summed E-state index contributed by atoms with van der Waals surface area (Å²) in [5.74, 6) is 0.818. The van der Waals surface area contributed by atoms with Crippen molar-refractivity contribution in [2.75, 3.05) is 13.7 Å². The van der Waals surface area contributed by atoms with Crippen LogP contribution in [0, 0.1) is 13.8 Å². The number of methoxy groups -OCH3 is 1. The van der Waals surface area contributed by atoms with Crippen LogP contribution in [0.15, 0.2) is 24.4 Å². The summed E-state index contributed by atoms with van der Waals surface area (Å²) < 4.78 is 7.34. The van der Waals surface area contributed by atoms with E-state index in [1.165, 1.54) is 16.7 Å². The summed E-state index contributed by atoms with van der Waals surface area (Å²) in [4.78, 5) is 0. The van der Waals surface area contributed by atoms with E-state index in [9.17, 15) is 0 Å². The number of hydrogen-bond donors (Lipinski definition) is 1. The molecule has 1 unspecified atom stereocenters. The highest BCUT2D eigenvalue weighted by Gasteiger charge is 2.23. The fourth-order valence-corrected chi connectivity index (χ4v) is 2.62. The lowest BCUT2D eigenvalue weighted by Crippen LogP contribution is -2.25. The van der Waals surface area contributed by atoms with Gasteiger partial charge in [0.25, 0.3) is 0 Å². The van der Waals surface area contributed by atoms with E-state index in [0.29, 0.717) is 0 Å². The minimum absolute atomic E-state index is 0.0862. The summed E-state index contributed by atoms with van der Waals surface area (Å²) >= 11 is 0. The van der Waals surface area contributed by atoms with Gasteiger partial charge in [-0.3, -0.25) is 4.68 Å². The Kier molecular flexibility index (Phi) is 4.45. The molecule has 0 radical (unpaired) electrons. The fourth-order valence-electron chi connectivity index (χ4n) is 2.62. The van der Waals surface area contributed by atoms with Gasteiger partial charge in [0.05, 0.1) is 19.3 Å². The van der Waals surface area contributed by atoms with Gasteiger partial charge in [-0.2, -0.15) is 5.10 Å². The third-order valence-corrected chi connectivity index (χ3v) is 3.59. The largest absolute Gasteiger partial charge is 0.493 e. The van der Waals surface area contributed by atoms with Crippen molar-refractivity contribution >= 4 is 0 Å². The van der Waals surface area contributed by atoms with Gasteiger partial charge in [-0.05, 0) is 31.5 Å². The summed E-state index contributed by atoms with van der Waals surface area (Å²) in [6.07, 6.45) is 1.77. The van der Waals surface area contributed by atoms with Crippen LogP contribution < -0.4 is 10.1 Å². The standard InChI is InChI=1S/C16H23N3O/c1-6-17-15(13-8-7-11(2)9-12(13)3)16-14(20-5)10-18-19(16)4/h7-10,15,17H,6H2,1-5H3. The highest BCUT2D eigenvalue weighted by atomic mass is 16.5. The number of rotatable bonds is 5. The predicted octanol–water partition coefficient (Wildman–Crippen LogP) is 2.74. The lowest BCUT2D eigenvalue weighted by atomic mass is 9.96. The van der Waals surface area contributed by atoms with Crippen molar-refractivity contribution in [2.45, 2.75) is 26.8 Å². The van der Waals surface area contributed by atoms with Crippen molar-refractivity contribution in [2.24, 2.45) is 7.05 Å². The van der Waals surface area contributed by atoms with Crippen LogP contribution in [-0.2, 0) is 7.05 Å². The van der Waals surface area contributed by atoms with E-state index in [2.05, 4.69) is 49.4 Å². The van der Waals surface area contributed by atoms with Gasteiger partial charge in [0.2, 0.25) is 0 Å². The maximum absolute atomic E-state index is 5.46. The number of nitrogens with zero attached hydrogens (tertiary/aromatic N) is 2. The van der Waals surface area contributed by atoms with Gasteiger partial charge in [0.1, 0.15) is 5.69 Å². The average molecular weight is 273 g/mol. The van der Waals surface area contributed by atoms with Crippen LogP contribution in [0.5, 0.6) is 5.75 Å². The van der Waals surface area contributed by atoms with Crippen LogP contribution in [0.4, 0.5) is 0 Å². The Hall–Kier alpha value is -1.81. The van der Waals surface area contributed by atoms with Crippen LogP contribution in [0.1, 0.15) is 35.3 Å². The maximum atomic E-state index is 5.46.